The Kier molecular flexibility index (Phi) is 7.85. The molecule has 0 saturated carbocycles. The van der Waals surface area contributed by atoms with Crippen LogP contribution in [0.2, 0.25) is 0 Å². The van der Waals surface area contributed by atoms with Gasteiger partial charge in [-0.2, -0.15) is 0 Å². The Hall–Kier alpha value is -2.86. The summed E-state index contributed by atoms with van der Waals surface area (Å²) in [7, 11) is 4.05. The lowest BCUT2D eigenvalue weighted by atomic mass is 10.1. The van der Waals surface area contributed by atoms with Crippen molar-refractivity contribution in [1.82, 2.24) is 10.2 Å². The van der Waals surface area contributed by atoms with E-state index in [1.165, 1.54) is 0 Å². The molecule has 1 aliphatic rings. The molecule has 0 aliphatic carbocycles. The van der Waals surface area contributed by atoms with Crippen LogP contribution in [0, 0.1) is 0 Å². The molecule has 6 heteroatoms. The first-order valence-corrected chi connectivity index (χ1v) is 10.7. The molecule has 0 spiro atoms. The van der Waals surface area contributed by atoms with Crippen LogP contribution in [0.5, 0.6) is 0 Å². The van der Waals surface area contributed by atoms with E-state index in [1.54, 1.807) is 6.07 Å². The van der Waals surface area contributed by atoms with E-state index in [2.05, 4.69) is 20.4 Å². The Morgan fingerprint density at radius 2 is 1.77 bits per heavy atom. The Balaban J connectivity index is 1.71. The summed E-state index contributed by atoms with van der Waals surface area (Å²) >= 11 is 0. The fourth-order valence-electron chi connectivity index (χ4n) is 3.71. The van der Waals surface area contributed by atoms with Crippen molar-refractivity contribution in [1.29, 1.82) is 0 Å². The lowest BCUT2D eigenvalue weighted by Crippen LogP contribution is -2.29. The Morgan fingerprint density at radius 3 is 2.47 bits per heavy atom. The molecule has 2 aromatic rings. The quantitative estimate of drug-likeness (QED) is 0.626. The highest BCUT2D eigenvalue weighted by molar-refractivity contribution is 6.02. The molecule has 160 valence electrons. The number of anilines is 2. The fourth-order valence-corrected chi connectivity index (χ4v) is 3.71. The van der Waals surface area contributed by atoms with Crippen molar-refractivity contribution < 1.29 is 9.59 Å². The van der Waals surface area contributed by atoms with Crippen molar-refractivity contribution in [2.45, 2.75) is 25.7 Å². The molecule has 0 unspecified atom stereocenters. The van der Waals surface area contributed by atoms with Crippen LogP contribution in [-0.4, -0.2) is 57.0 Å². The van der Waals surface area contributed by atoms with Crippen molar-refractivity contribution in [3.05, 3.63) is 59.7 Å². The standard InChI is InChI=1S/C24H32N4O2/c1-27(2)14-8-13-25-24(30)21-18-20(11-12-22(21)28-15-6-7-16-28)26-23(29)17-19-9-4-3-5-10-19/h3-5,9-12,18H,6-8,13-17H2,1-2H3,(H,25,30)(H,26,29). The number of nitrogens with one attached hydrogen (secondary N) is 2. The van der Waals surface area contributed by atoms with Gasteiger partial charge in [0.15, 0.2) is 0 Å². The molecule has 0 aromatic heterocycles. The Labute approximate surface area is 179 Å². The second-order valence-electron chi connectivity index (χ2n) is 8.05. The number of amides is 2. The largest absolute Gasteiger partial charge is 0.371 e. The van der Waals surface area contributed by atoms with E-state index >= 15 is 0 Å². The van der Waals surface area contributed by atoms with Gasteiger partial charge < -0.3 is 20.4 Å². The summed E-state index contributed by atoms with van der Waals surface area (Å²) < 4.78 is 0. The van der Waals surface area contributed by atoms with Crippen LogP contribution < -0.4 is 15.5 Å². The minimum absolute atomic E-state index is 0.0881. The molecule has 1 aliphatic heterocycles. The number of benzene rings is 2. The van der Waals surface area contributed by atoms with E-state index in [0.717, 1.165) is 50.1 Å². The molecule has 1 saturated heterocycles. The average molecular weight is 409 g/mol. The van der Waals surface area contributed by atoms with Gasteiger partial charge in [0.05, 0.1) is 12.0 Å². The zero-order valence-corrected chi connectivity index (χ0v) is 18.0. The second-order valence-corrected chi connectivity index (χ2v) is 8.05. The van der Waals surface area contributed by atoms with E-state index in [1.807, 2.05) is 56.6 Å². The third-order valence-electron chi connectivity index (χ3n) is 5.25. The van der Waals surface area contributed by atoms with Crippen molar-refractivity contribution >= 4 is 23.2 Å². The molecule has 3 rings (SSSR count). The number of rotatable bonds is 9. The van der Waals surface area contributed by atoms with Crippen LogP contribution in [0.15, 0.2) is 48.5 Å². The normalized spacial score (nSPS) is 13.5. The van der Waals surface area contributed by atoms with Gasteiger partial charge in [-0.25, -0.2) is 0 Å². The van der Waals surface area contributed by atoms with Crippen LogP contribution >= 0.6 is 0 Å². The van der Waals surface area contributed by atoms with Crippen molar-refractivity contribution in [3.63, 3.8) is 0 Å². The molecule has 0 radical (unpaired) electrons. The first-order chi connectivity index (χ1) is 14.5. The van der Waals surface area contributed by atoms with Gasteiger partial charge in [0.1, 0.15) is 0 Å². The van der Waals surface area contributed by atoms with E-state index in [4.69, 9.17) is 0 Å². The minimum Gasteiger partial charge on any atom is -0.371 e. The van der Waals surface area contributed by atoms with Crippen LogP contribution in [0.25, 0.3) is 0 Å². The third-order valence-corrected chi connectivity index (χ3v) is 5.25. The van der Waals surface area contributed by atoms with Crippen molar-refractivity contribution in [2.75, 3.05) is 50.5 Å². The monoisotopic (exact) mass is 408 g/mol. The number of hydrogen-bond donors (Lipinski definition) is 2. The predicted octanol–water partition coefficient (Wildman–Crippen LogP) is 3.15. The number of carbonyl (C=O) groups excluding carboxylic acids is 2. The molecule has 30 heavy (non-hydrogen) atoms. The number of hydrogen-bond acceptors (Lipinski definition) is 4. The summed E-state index contributed by atoms with van der Waals surface area (Å²) in [5, 5.41) is 5.98. The van der Waals surface area contributed by atoms with Gasteiger partial charge in [0.2, 0.25) is 5.91 Å². The zero-order valence-electron chi connectivity index (χ0n) is 18.0. The number of carbonyl (C=O) groups is 2. The minimum atomic E-state index is -0.0903. The molecule has 1 fully saturated rings. The molecule has 2 aromatic carbocycles. The average Bonchev–Trinajstić information content (AvgIpc) is 3.26. The molecular formula is C24H32N4O2. The highest BCUT2D eigenvalue weighted by Crippen LogP contribution is 2.27. The van der Waals surface area contributed by atoms with Crippen LogP contribution in [0.3, 0.4) is 0 Å². The second kappa shape index (κ2) is 10.8. The molecular weight excluding hydrogens is 376 g/mol. The van der Waals surface area contributed by atoms with Gasteiger partial charge in [-0.05, 0) is 63.7 Å². The summed E-state index contributed by atoms with van der Waals surface area (Å²) in [5.41, 5.74) is 3.18. The van der Waals surface area contributed by atoms with Crippen molar-refractivity contribution in [3.8, 4) is 0 Å². The summed E-state index contributed by atoms with van der Waals surface area (Å²) in [4.78, 5) is 29.7. The Bertz CT molecular complexity index is 846. The van der Waals surface area contributed by atoms with Crippen LogP contribution in [-0.2, 0) is 11.2 Å². The SMILES string of the molecule is CN(C)CCCNC(=O)c1cc(NC(=O)Cc2ccccc2)ccc1N1CCCC1. The molecule has 1 heterocycles. The zero-order chi connectivity index (χ0) is 21.3. The summed E-state index contributed by atoms with van der Waals surface area (Å²) in [6, 6.07) is 15.3. The lowest BCUT2D eigenvalue weighted by molar-refractivity contribution is -0.115. The third kappa shape index (κ3) is 6.32. The van der Waals surface area contributed by atoms with Crippen LogP contribution in [0.1, 0.15) is 35.2 Å². The highest BCUT2D eigenvalue weighted by atomic mass is 16.2. The summed E-state index contributed by atoms with van der Waals surface area (Å²) in [6.07, 6.45) is 3.48. The highest BCUT2D eigenvalue weighted by Gasteiger charge is 2.20. The first kappa shape index (κ1) is 21.8. The van der Waals surface area contributed by atoms with Gasteiger partial charge in [-0.3, -0.25) is 9.59 Å². The molecule has 0 atom stereocenters. The fraction of sp³-hybridized carbons (Fsp3) is 0.417. The summed E-state index contributed by atoms with van der Waals surface area (Å²) in [6.45, 7) is 3.47. The van der Waals surface area contributed by atoms with Crippen molar-refractivity contribution in [2.24, 2.45) is 0 Å². The smallest absolute Gasteiger partial charge is 0.253 e. The maximum atomic E-state index is 12.9. The maximum Gasteiger partial charge on any atom is 0.253 e. The van der Waals surface area contributed by atoms with E-state index < -0.39 is 0 Å². The predicted molar refractivity (Wildman–Crippen MR) is 122 cm³/mol. The van der Waals surface area contributed by atoms with E-state index in [-0.39, 0.29) is 11.8 Å². The number of nitrogens with zero attached hydrogens (tertiary/aromatic N) is 2. The van der Waals surface area contributed by atoms with E-state index in [9.17, 15) is 9.59 Å². The van der Waals surface area contributed by atoms with E-state index in [0.29, 0.717) is 24.2 Å². The lowest BCUT2D eigenvalue weighted by Gasteiger charge is -2.22. The Morgan fingerprint density at radius 1 is 1.03 bits per heavy atom. The molecule has 2 amide bonds. The van der Waals surface area contributed by atoms with Gasteiger partial charge >= 0.3 is 0 Å². The molecule has 6 nitrogen and oxygen atoms in total. The van der Waals surface area contributed by atoms with Gasteiger partial charge in [-0.1, -0.05) is 30.3 Å². The maximum absolute atomic E-state index is 12.9. The topological polar surface area (TPSA) is 64.7 Å². The molecule has 0 bridgehead atoms. The molecule has 2 N–H and O–H groups in total. The summed E-state index contributed by atoms with van der Waals surface area (Å²) in [5.74, 6) is -0.178. The first-order valence-electron chi connectivity index (χ1n) is 10.7. The van der Waals surface area contributed by atoms with Gasteiger partial charge in [-0.15, -0.1) is 0 Å². The van der Waals surface area contributed by atoms with Gasteiger partial charge in [0, 0.05) is 31.0 Å². The van der Waals surface area contributed by atoms with Crippen LogP contribution in [0.4, 0.5) is 11.4 Å². The van der Waals surface area contributed by atoms with Gasteiger partial charge in [0.25, 0.3) is 5.91 Å².